The molecule has 0 bridgehead atoms. The van der Waals surface area contributed by atoms with Crippen molar-refractivity contribution in [3.05, 3.63) is 52.7 Å². The summed E-state index contributed by atoms with van der Waals surface area (Å²) in [6.45, 7) is 12.2. The number of nitrogens with one attached hydrogen (secondary N) is 1. The summed E-state index contributed by atoms with van der Waals surface area (Å²) in [6, 6.07) is 9.21. The number of hydrogen-bond donors (Lipinski definition) is 1. The van der Waals surface area contributed by atoms with Gasteiger partial charge in [-0.1, -0.05) is 23.8 Å². The summed E-state index contributed by atoms with van der Waals surface area (Å²) in [6.07, 6.45) is 3.80. The topological polar surface area (TPSA) is 60.9 Å². The number of aromatic nitrogens is 1. The van der Waals surface area contributed by atoms with Gasteiger partial charge in [0.2, 0.25) is 0 Å². The minimum Gasteiger partial charge on any atom is -0.379 e. The monoisotopic (exact) mass is 449 g/mol. The highest BCUT2D eigenvalue weighted by Crippen LogP contribution is 2.31. The number of anilines is 2. The minimum atomic E-state index is 0.1000. The Morgan fingerprint density at radius 1 is 1.09 bits per heavy atom. The number of piperidine rings is 1. The second-order valence-corrected chi connectivity index (χ2v) is 9.54. The highest BCUT2D eigenvalue weighted by molar-refractivity contribution is 5.96. The van der Waals surface area contributed by atoms with Crippen LogP contribution in [0.25, 0.3) is 0 Å². The van der Waals surface area contributed by atoms with Crippen molar-refractivity contribution in [2.24, 2.45) is 0 Å². The lowest BCUT2D eigenvalue weighted by Crippen LogP contribution is -2.50. The smallest absolute Gasteiger partial charge is 0.255 e. The maximum Gasteiger partial charge on any atom is 0.255 e. The average molecular weight is 450 g/mol. The van der Waals surface area contributed by atoms with E-state index in [-0.39, 0.29) is 5.91 Å². The molecule has 3 aliphatic rings. The van der Waals surface area contributed by atoms with Gasteiger partial charge in [-0.25, -0.2) is 4.98 Å². The van der Waals surface area contributed by atoms with Gasteiger partial charge in [0.25, 0.3) is 5.91 Å². The van der Waals surface area contributed by atoms with Gasteiger partial charge in [-0.3, -0.25) is 9.69 Å². The van der Waals surface area contributed by atoms with Crippen LogP contribution in [0.3, 0.4) is 0 Å². The predicted octanol–water partition coefficient (Wildman–Crippen LogP) is 3.07. The summed E-state index contributed by atoms with van der Waals surface area (Å²) in [5.41, 5.74) is 5.60. The Bertz CT molecular complexity index is 996. The largest absolute Gasteiger partial charge is 0.379 e. The van der Waals surface area contributed by atoms with Crippen molar-refractivity contribution in [3.8, 4) is 0 Å². The van der Waals surface area contributed by atoms with E-state index in [0.717, 1.165) is 83.4 Å². The molecule has 0 atom stereocenters. The molecule has 2 fully saturated rings. The molecule has 5 rings (SSSR count). The number of benzene rings is 1. The number of carbonyl (C=O) groups excluding carboxylic acids is 1. The van der Waals surface area contributed by atoms with Gasteiger partial charge in [-0.05, 0) is 43.9 Å². The van der Waals surface area contributed by atoms with E-state index in [4.69, 9.17) is 4.74 Å². The van der Waals surface area contributed by atoms with E-state index >= 15 is 0 Å². The molecular weight excluding hydrogens is 414 g/mol. The number of hydrogen-bond acceptors (Lipinski definition) is 6. The van der Waals surface area contributed by atoms with Crippen molar-refractivity contribution >= 4 is 17.4 Å². The van der Waals surface area contributed by atoms with Gasteiger partial charge in [-0.15, -0.1) is 0 Å². The number of morpholine rings is 1. The number of ether oxygens (including phenoxy) is 1. The van der Waals surface area contributed by atoms with Crippen LogP contribution in [-0.4, -0.2) is 79.2 Å². The second kappa shape index (κ2) is 9.69. The van der Waals surface area contributed by atoms with Gasteiger partial charge in [0.1, 0.15) is 5.82 Å². The standard InChI is InChI=1S/C26H35N5O2/c1-19-3-4-20(2)22(15-19)18-31-10-7-27-25-24(31)16-21(17-28-25)26(32)30-8-5-23(6-9-30)29-11-13-33-14-12-29/h3-4,15-17,23H,5-14,18H2,1-2H3,(H,27,28). The number of pyridine rings is 1. The lowest BCUT2D eigenvalue weighted by Gasteiger charge is -2.40. The molecule has 2 saturated heterocycles. The molecule has 1 aromatic heterocycles. The van der Waals surface area contributed by atoms with Crippen LogP contribution in [0.1, 0.15) is 39.9 Å². The second-order valence-electron chi connectivity index (χ2n) is 9.54. The van der Waals surface area contributed by atoms with Crippen LogP contribution in [0, 0.1) is 13.8 Å². The zero-order chi connectivity index (χ0) is 22.8. The number of rotatable bonds is 4. The van der Waals surface area contributed by atoms with Crippen LogP contribution >= 0.6 is 0 Å². The first-order valence-corrected chi connectivity index (χ1v) is 12.2. The molecule has 0 unspecified atom stereocenters. The Morgan fingerprint density at radius 2 is 1.88 bits per heavy atom. The van der Waals surface area contributed by atoms with Crippen LogP contribution < -0.4 is 10.2 Å². The highest BCUT2D eigenvalue weighted by atomic mass is 16.5. The first-order chi connectivity index (χ1) is 16.1. The van der Waals surface area contributed by atoms with Crippen LogP contribution in [0.15, 0.2) is 30.5 Å². The third kappa shape index (κ3) is 4.84. The van der Waals surface area contributed by atoms with E-state index < -0.39 is 0 Å². The molecule has 3 aliphatic heterocycles. The minimum absolute atomic E-state index is 0.1000. The molecule has 1 amide bonds. The van der Waals surface area contributed by atoms with Crippen LogP contribution in [0.5, 0.6) is 0 Å². The summed E-state index contributed by atoms with van der Waals surface area (Å²) in [5.74, 6) is 0.970. The zero-order valence-electron chi connectivity index (χ0n) is 19.8. The van der Waals surface area contributed by atoms with Gasteiger partial charge < -0.3 is 19.9 Å². The molecule has 33 heavy (non-hydrogen) atoms. The first kappa shape index (κ1) is 22.2. The number of fused-ring (bicyclic) bond motifs is 1. The normalized spacial score (nSPS) is 19.8. The zero-order valence-corrected chi connectivity index (χ0v) is 19.8. The van der Waals surface area contributed by atoms with Crippen molar-refractivity contribution in [2.75, 3.05) is 62.7 Å². The van der Waals surface area contributed by atoms with Gasteiger partial charge in [0, 0.05) is 58.1 Å². The summed E-state index contributed by atoms with van der Waals surface area (Å²) in [5, 5.41) is 3.40. The first-order valence-electron chi connectivity index (χ1n) is 12.2. The summed E-state index contributed by atoms with van der Waals surface area (Å²) in [4.78, 5) is 24.9. The number of carbonyl (C=O) groups is 1. The lowest BCUT2D eigenvalue weighted by atomic mass is 10.0. The third-order valence-electron chi connectivity index (χ3n) is 7.31. The number of amides is 1. The molecule has 7 heteroatoms. The van der Waals surface area contributed by atoms with E-state index in [2.05, 4.69) is 52.1 Å². The molecule has 4 heterocycles. The summed E-state index contributed by atoms with van der Waals surface area (Å²) in [7, 11) is 0. The molecular formula is C26H35N5O2. The Hall–Kier alpha value is -2.64. The molecule has 1 aromatic carbocycles. The molecule has 0 radical (unpaired) electrons. The average Bonchev–Trinajstić information content (AvgIpc) is 2.86. The van der Waals surface area contributed by atoms with E-state index in [9.17, 15) is 4.79 Å². The number of nitrogens with zero attached hydrogens (tertiary/aromatic N) is 4. The fourth-order valence-corrected chi connectivity index (χ4v) is 5.28. The third-order valence-corrected chi connectivity index (χ3v) is 7.31. The summed E-state index contributed by atoms with van der Waals surface area (Å²) >= 11 is 0. The molecule has 2 aromatic rings. The fourth-order valence-electron chi connectivity index (χ4n) is 5.28. The van der Waals surface area contributed by atoms with Gasteiger partial charge in [-0.2, -0.15) is 0 Å². The van der Waals surface area contributed by atoms with Crippen molar-refractivity contribution < 1.29 is 9.53 Å². The SMILES string of the molecule is Cc1ccc(C)c(CN2CCNc3ncc(C(=O)N4CCC(N5CCOCC5)CC4)cc32)c1. The van der Waals surface area contributed by atoms with Crippen LogP contribution in [-0.2, 0) is 11.3 Å². The Balaban J connectivity index is 1.28. The van der Waals surface area contributed by atoms with Crippen LogP contribution in [0.2, 0.25) is 0 Å². The van der Waals surface area contributed by atoms with Gasteiger partial charge >= 0.3 is 0 Å². The maximum absolute atomic E-state index is 13.3. The van der Waals surface area contributed by atoms with E-state index in [1.165, 1.54) is 16.7 Å². The van der Waals surface area contributed by atoms with Gasteiger partial charge in [0.15, 0.2) is 0 Å². The number of likely N-dealkylation sites (tertiary alicyclic amines) is 1. The Labute approximate surface area is 196 Å². The maximum atomic E-state index is 13.3. The van der Waals surface area contributed by atoms with Crippen molar-refractivity contribution in [3.63, 3.8) is 0 Å². The number of aryl methyl sites for hydroxylation is 2. The van der Waals surface area contributed by atoms with Crippen molar-refractivity contribution in [1.29, 1.82) is 0 Å². The molecule has 0 saturated carbocycles. The lowest BCUT2D eigenvalue weighted by molar-refractivity contribution is 0.00158. The molecule has 176 valence electrons. The molecule has 0 aliphatic carbocycles. The molecule has 1 N–H and O–H groups in total. The van der Waals surface area contributed by atoms with Gasteiger partial charge in [0.05, 0.1) is 24.5 Å². The molecule has 0 spiro atoms. The van der Waals surface area contributed by atoms with E-state index in [1.807, 2.05) is 11.0 Å². The van der Waals surface area contributed by atoms with E-state index in [1.54, 1.807) is 6.20 Å². The van der Waals surface area contributed by atoms with Crippen LogP contribution in [0.4, 0.5) is 11.5 Å². The van der Waals surface area contributed by atoms with E-state index in [0.29, 0.717) is 11.6 Å². The predicted molar refractivity (Wildman–Crippen MR) is 131 cm³/mol. The highest BCUT2D eigenvalue weighted by Gasteiger charge is 2.29. The Morgan fingerprint density at radius 3 is 2.67 bits per heavy atom. The summed E-state index contributed by atoms with van der Waals surface area (Å²) < 4.78 is 5.49. The fraction of sp³-hybridized carbons (Fsp3) is 0.538. The molecule has 7 nitrogen and oxygen atoms in total. The Kier molecular flexibility index (Phi) is 6.51. The van der Waals surface area contributed by atoms with Crippen molar-refractivity contribution in [2.45, 2.75) is 39.3 Å². The van der Waals surface area contributed by atoms with Crippen molar-refractivity contribution in [1.82, 2.24) is 14.8 Å². The quantitative estimate of drug-likeness (QED) is 0.774.